The van der Waals surface area contributed by atoms with Crippen LogP contribution in [0, 0.1) is 3.57 Å². The molecule has 1 N–H and O–H groups in total. The summed E-state index contributed by atoms with van der Waals surface area (Å²) in [5.41, 5.74) is -0.392. The van der Waals surface area contributed by atoms with Gasteiger partial charge in [0.2, 0.25) is 6.10 Å². The minimum atomic E-state index is -5.20. The van der Waals surface area contributed by atoms with Gasteiger partial charge in [0.25, 0.3) is 10.1 Å². The molecule has 0 radical (unpaired) electrons. The summed E-state index contributed by atoms with van der Waals surface area (Å²) in [5, 5.41) is 0. The molecule has 24 heavy (non-hydrogen) atoms. The van der Waals surface area contributed by atoms with Gasteiger partial charge in [-0.1, -0.05) is 0 Å². The Bertz CT molecular complexity index is 746. The highest BCUT2D eigenvalue weighted by Crippen LogP contribution is 2.27. The molecule has 1 unspecified atom stereocenters. The predicted molar refractivity (Wildman–Crippen MR) is 82.1 cm³/mol. The molecule has 1 aromatic rings. The van der Waals surface area contributed by atoms with Crippen LogP contribution in [0.15, 0.2) is 18.2 Å². The van der Waals surface area contributed by atoms with E-state index < -0.39 is 45.7 Å². The summed E-state index contributed by atoms with van der Waals surface area (Å²) in [4.78, 5) is 22.7. The van der Waals surface area contributed by atoms with E-state index in [-0.39, 0.29) is 5.75 Å². The Morgan fingerprint density at radius 2 is 1.92 bits per heavy atom. The van der Waals surface area contributed by atoms with Gasteiger partial charge in [-0.15, -0.1) is 0 Å². The number of rotatable bonds is 5. The molecule has 0 bridgehead atoms. The van der Waals surface area contributed by atoms with Gasteiger partial charge >= 0.3 is 18.1 Å². The highest BCUT2D eigenvalue weighted by atomic mass is 127. The topological polar surface area (TPSA) is 107 Å². The van der Waals surface area contributed by atoms with Crippen LogP contribution in [-0.4, -0.2) is 42.9 Å². The summed E-state index contributed by atoms with van der Waals surface area (Å²) in [6.45, 7) is 1.09. The monoisotopic (exact) mass is 482 g/mol. The quantitative estimate of drug-likeness (QED) is 0.297. The number of ether oxygens (including phenoxy) is 2. The minimum Gasteiger partial charge on any atom is -0.448 e. The fraction of sp³-hybridized carbons (Fsp3) is 0.333. The molecule has 1 atom stereocenters. The van der Waals surface area contributed by atoms with Crippen LogP contribution in [0.1, 0.15) is 17.3 Å². The maximum absolute atomic E-state index is 12.7. The van der Waals surface area contributed by atoms with Crippen LogP contribution in [0.2, 0.25) is 0 Å². The van der Waals surface area contributed by atoms with Crippen LogP contribution >= 0.6 is 22.6 Å². The Kier molecular flexibility index (Phi) is 6.58. The van der Waals surface area contributed by atoms with Crippen LogP contribution in [0.4, 0.5) is 13.2 Å². The van der Waals surface area contributed by atoms with Crippen LogP contribution in [0.3, 0.4) is 0 Å². The van der Waals surface area contributed by atoms with E-state index in [1.165, 1.54) is 6.07 Å². The highest BCUT2D eigenvalue weighted by Gasteiger charge is 2.45. The molecule has 0 aliphatic carbocycles. The van der Waals surface area contributed by atoms with Gasteiger partial charge in [0.1, 0.15) is 11.5 Å². The molecule has 0 amide bonds. The zero-order valence-electron chi connectivity index (χ0n) is 11.8. The lowest BCUT2D eigenvalue weighted by Gasteiger charge is -2.19. The van der Waals surface area contributed by atoms with E-state index in [0.29, 0.717) is 3.57 Å². The van der Waals surface area contributed by atoms with Gasteiger partial charge in [0, 0.05) is 6.92 Å². The summed E-state index contributed by atoms with van der Waals surface area (Å²) < 4.78 is 77.3. The molecular formula is C12H10F3IO7S. The smallest absolute Gasteiger partial charge is 0.426 e. The van der Waals surface area contributed by atoms with Gasteiger partial charge in [-0.25, -0.2) is 4.79 Å². The standard InChI is InChI=1S/C12H10F3IO7S/c1-6(17)22-9-4-7(2-3-8(9)16)11(18)23-10(12(13,14)15)5-24(19,20)21/h2-4,10H,5H2,1H3,(H,19,20,21). The van der Waals surface area contributed by atoms with E-state index in [0.717, 1.165) is 19.1 Å². The Morgan fingerprint density at radius 3 is 2.38 bits per heavy atom. The largest absolute Gasteiger partial charge is 0.448 e. The lowest BCUT2D eigenvalue weighted by atomic mass is 10.2. The average molecular weight is 482 g/mol. The predicted octanol–water partition coefficient (Wildman–Crippen LogP) is 2.19. The second-order valence-electron chi connectivity index (χ2n) is 4.42. The fourth-order valence-electron chi connectivity index (χ4n) is 1.45. The van der Waals surface area contributed by atoms with E-state index in [4.69, 9.17) is 9.29 Å². The third kappa shape index (κ3) is 6.60. The number of carbonyl (C=O) groups excluding carboxylic acids is 2. The van der Waals surface area contributed by atoms with Crippen LogP contribution < -0.4 is 4.74 Å². The van der Waals surface area contributed by atoms with E-state index in [9.17, 15) is 31.2 Å². The summed E-state index contributed by atoms with van der Waals surface area (Å²) >= 11 is 1.77. The van der Waals surface area contributed by atoms with Crippen molar-refractivity contribution < 1.29 is 45.2 Å². The van der Waals surface area contributed by atoms with E-state index in [1.54, 1.807) is 22.6 Å². The number of alkyl halides is 3. The lowest BCUT2D eigenvalue weighted by Crippen LogP contribution is -2.39. The van der Waals surface area contributed by atoms with Gasteiger partial charge in [0.05, 0.1) is 9.13 Å². The molecule has 1 rings (SSSR count). The first-order valence-electron chi connectivity index (χ1n) is 6.00. The number of carbonyl (C=O) groups is 2. The highest BCUT2D eigenvalue weighted by molar-refractivity contribution is 14.1. The van der Waals surface area contributed by atoms with Crippen LogP contribution in [-0.2, 0) is 19.6 Å². The van der Waals surface area contributed by atoms with E-state index >= 15 is 0 Å². The first-order valence-corrected chi connectivity index (χ1v) is 8.69. The van der Waals surface area contributed by atoms with Crippen molar-refractivity contribution in [3.63, 3.8) is 0 Å². The third-order valence-corrected chi connectivity index (χ3v) is 4.01. The molecule has 0 aromatic heterocycles. The van der Waals surface area contributed by atoms with Gasteiger partial charge in [-0.2, -0.15) is 21.6 Å². The van der Waals surface area contributed by atoms with Crippen molar-refractivity contribution in [3.8, 4) is 5.75 Å². The maximum Gasteiger partial charge on any atom is 0.426 e. The van der Waals surface area contributed by atoms with Crippen molar-refractivity contribution in [2.45, 2.75) is 19.2 Å². The van der Waals surface area contributed by atoms with E-state index in [2.05, 4.69) is 4.74 Å². The molecular weight excluding hydrogens is 472 g/mol. The summed E-state index contributed by atoms with van der Waals surface area (Å²) in [5.74, 6) is -4.11. The SMILES string of the molecule is CC(=O)Oc1cc(C(=O)OC(CS(=O)(=O)O)C(F)(F)F)ccc1I. The van der Waals surface area contributed by atoms with E-state index in [1.807, 2.05) is 0 Å². The van der Waals surface area contributed by atoms with Crippen molar-refractivity contribution in [2.75, 3.05) is 5.75 Å². The fourth-order valence-corrected chi connectivity index (χ4v) is 2.53. The second-order valence-corrected chi connectivity index (χ2v) is 7.08. The third-order valence-electron chi connectivity index (χ3n) is 2.40. The second kappa shape index (κ2) is 7.65. The van der Waals surface area contributed by atoms with Gasteiger partial charge in [-0.3, -0.25) is 9.35 Å². The van der Waals surface area contributed by atoms with Gasteiger partial charge in [0.15, 0.2) is 0 Å². The van der Waals surface area contributed by atoms with Gasteiger partial charge < -0.3 is 9.47 Å². The summed E-state index contributed by atoms with van der Waals surface area (Å²) in [7, 11) is -5.03. The number of benzene rings is 1. The number of hydrogen-bond donors (Lipinski definition) is 1. The maximum atomic E-state index is 12.7. The molecule has 0 spiro atoms. The molecule has 0 saturated carbocycles. The molecule has 1 aromatic carbocycles. The van der Waals surface area contributed by atoms with Crippen molar-refractivity contribution in [1.29, 1.82) is 0 Å². The normalized spacial score (nSPS) is 13.2. The average Bonchev–Trinajstić information content (AvgIpc) is 2.37. The zero-order valence-corrected chi connectivity index (χ0v) is 14.8. The molecule has 0 aliphatic rings. The Labute approximate surface area is 148 Å². The molecule has 0 aliphatic heterocycles. The number of esters is 2. The summed E-state index contributed by atoms with van der Waals surface area (Å²) in [6.07, 6.45) is -8.25. The Morgan fingerprint density at radius 1 is 1.33 bits per heavy atom. The molecule has 0 fully saturated rings. The first-order chi connectivity index (χ1) is 10.8. The van der Waals surface area contributed by atoms with Crippen molar-refractivity contribution >= 4 is 44.6 Å². The Balaban J connectivity index is 3.05. The molecule has 134 valence electrons. The van der Waals surface area contributed by atoms with Crippen molar-refractivity contribution in [2.24, 2.45) is 0 Å². The van der Waals surface area contributed by atoms with Gasteiger partial charge in [-0.05, 0) is 40.8 Å². The molecule has 7 nitrogen and oxygen atoms in total. The lowest BCUT2D eigenvalue weighted by molar-refractivity contribution is -0.197. The minimum absolute atomic E-state index is 0.0733. The Hall–Kier alpha value is -1.41. The molecule has 0 heterocycles. The number of hydrogen-bond acceptors (Lipinski definition) is 6. The number of halogens is 4. The summed E-state index contributed by atoms with van der Waals surface area (Å²) in [6, 6.07) is 3.38. The molecule has 12 heteroatoms. The first kappa shape index (κ1) is 20.6. The van der Waals surface area contributed by atoms with Crippen LogP contribution in [0.25, 0.3) is 0 Å². The van der Waals surface area contributed by atoms with Crippen LogP contribution in [0.5, 0.6) is 5.75 Å². The zero-order chi connectivity index (χ0) is 18.7. The van der Waals surface area contributed by atoms with Crippen molar-refractivity contribution in [1.82, 2.24) is 0 Å². The molecule has 0 saturated heterocycles. The van der Waals surface area contributed by atoms with Crippen molar-refractivity contribution in [3.05, 3.63) is 27.3 Å².